The molecule has 102 valence electrons. The predicted octanol–water partition coefficient (Wildman–Crippen LogP) is 2.62. The standard InChI is InChI=1S/C14H18N2O2S/c1-10(15)5-11-6-13(17-2)3-4-14(11)18-7-12-8-19-9-16-12/h3-4,6,8-10H,5,7,15H2,1-2H3. The average Bonchev–Trinajstić information content (AvgIpc) is 2.89. The minimum absolute atomic E-state index is 0.0775. The van der Waals surface area contributed by atoms with Gasteiger partial charge in [0.05, 0.1) is 18.3 Å². The first-order valence-electron chi connectivity index (χ1n) is 6.11. The van der Waals surface area contributed by atoms with Crippen LogP contribution in [0.25, 0.3) is 0 Å². The van der Waals surface area contributed by atoms with E-state index >= 15 is 0 Å². The van der Waals surface area contributed by atoms with Gasteiger partial charge in [0.25, 0.3) is 0 Å². The van der Waals surface area contributed by atoms with Gasteiger partial charge in [-0.15, -0.1) is 11.3 Å². The van der Waals surface area contributed by atoms with Crippen molar-refractivity contribution in [1.29, 1.82) is 0 Å². The number of benzene rings is 1. The number of nitrogens with zero attached hydrogens (tertiary/aromatic N) is 1. The van der Waals surface area contributed by atoms with Crippen LogP contribution in [0.15, 0.2) is 29.1 Å². The summed E-state index contributed by atoms with van der Waals surface area (Å²) in [4.78, 5) is 4.20. The number of thiazole rings is 1. The molecule has 1 aromatic carbocycles. The van der Waals surface area contributed by atoms with E-state index in [0.717, 1.165) is 29.2 Å². The summed E-state index contributed by atoms with van der Waals surface area (Å²) in [5.41, 5.74) is 9.67. The van der Waals surface area contributed by atoms with E-state index in [1.807, 2.05) is 30.5 Å². The summed E-state index contributed by atoms with van der Waals surface area (Å²) in [7, 11) is 1.65. The molecular formula is C14H18N2O2S. The average molecular weight is 278 g/mol. The fourth-order valence-corrected chi connectivity index (χ4v) is 2.33. The zero-order chi connectivity index (χ0) is 13.7. The number of rotatable bonds is 6. The highest BCUT2D eigenvalue weighted by Crippen LogP contribution is 2.26. The zero-order valence-electron chi connectivity index (χ0n) is 11.1. The minimum Gasteiger partial charge on any atom is -0.497 e. The first kappa shape index (κ1) is 13.8. The smallest absolute Gasteiger partial charge is 0.131 e. The van der Waals surface area contributed by atoms with E-state index in [2.05, 4.69) is 4.98 Å². The van der Waals surface area contributed by atoms with E-state index in [0.29, 0.717) is 6.61 Å². The summed E-state index contributed by atoms with van der Waals surface area (Å²) in [6.45, 7) is 2.45. The SMILES string of the molecule is COc1ccc(OCc2cscn2)c(CC(C)N)c1. The van der Waals surface area contributed by atoms with Gasteiger partial charge in [-0.3, -0.25) is 0 Å². The molecule has 5 heteroatoms. The molecule has 2 rings (SSSR count). The Morgan fingerprint density at radius 3 is 2.89 bits per heavy atom. The normalized spacial score (nSPS) is 12.2. The maximum absolute atomic E-state index is 5.87. The Bertz CT molecular complexity index is 512. The van der Waals surface area contributed by atoms with Gasteiger partial charge in [0.2, 0.25) is 0 Å². The summed E-state index contributed by atoms with van der Waals surface area (Å²) < 4.78 is 11.0. The van der Waals surface area contributed by atoms with Gasteiger partial charge < -0.3 is 15.2 Å². The van der Waals surface area contributed by atoms with Crippen molar-refractivity contribution in [2.24, 2.45) is 5.73 Å². The second-order valence-electron chi connectivity index (χ2n) is 4.42. The van der Waals surface area contributed by atoms with Crippen LogP contribution in [0.1, 0.15) is 18.2 Å². The lowest BCUT2D eigenvalue weighted by atomic mass is 10.1. The summed E-state index contributed by atoms with van der Waals surface area (Å²) in [5.74, 6) is 1.66. The third-order valence-electron chi connectivity index (χ3n) is 2.67. The van der Waals surface area contributed by atoms with Crippen LogP contribution in [-0.2, 0) is 13.0 Å². The zero-order valence-corrected chi connectivity index (χ0v) is 11.9. The minimum atomic E-state index is 0.0775. The number of hydrogen-bond donors (Lipinski definition) is 1. The highest BCUT2D eigenvalue weighted by atomic mass is 32.1. The molecular weight excluding hydrogens is 260 g/mol. The van der Waals surface area contributed by atoms with E-state index in [9.17, 15) is 0 Å². The van der Waals surface area contributed by atoms with Crippen molar-refractivity contribution in [1.82, 2.24) is 4.98 Å². The van der Waals surface area contributed by atoms with Gasteiger partial charge >= 0.3 is 0 Å². The molecule has 0 fully saturated rings. The summed E-state index contributed by atoms with van der Waals surface area (Å²) in [6.07, 6.45) is 0.754. The fourth-order valence-electron chi connectivity index (χ4n) is 1.79. The van der Waals surface area contributed by atoms with Crippen molar-refractivity contribution in [3.8, 4) is 11.5 Å². The molecule has 1 atom stereocenters. The second kappa shape index (κ2) is 6.54. The highest BCUT2D eigenvalue weighted by Gasteiger charge is 2.09. The van der Waals surface area contributed by atoms with Crippen LogP contribution in [0, 0.1) is 0 Å². The lowest BCUT2D eigenvalue weighted by Gasteiger charge is -2.14. The molecule has 0 saturated carbocycles. The van der Waals surface area contributed by atoms with Crippen LogP contribution in [0.4, 0.5) is 0 Å². The van der Waals surface area contributed by atoms with Crippen LogP contribution in [-0.4, -0.2) is 18.1 Å². The Balaban J connectivity index is 2.13. The maximum Gasteiger partial charge on any atom is 0.131 e. The van der Waals surface area contributed by atoms with Crippen molar-refractivity contribution in [2.45, 2.75) is 26.0 Å². The van der Waals surface area contributed by atoms with E-state index in [-0.39, 0.29) is 6.04 Å². The molecule has 2 N–H and O–H groups in total. The maximum atomic E-state index is 5.87. The van der Waals surface area contributed by atoms with Gasteiger partial charge in [0.15, 0.2) is 0 Å². The highest BCUT2D eigenvalue weighted by molar-refractivity contribution is 7.07. The molecule has 1 unspecified atom stereocenters. The lowest BCUT2D eigenvalue weighted by molar-refractivity contribution is 0.297. The monoisotopic (exact) mass is 278 g/mol. The number of hydrogen-bond acceptors (Lipinski definition) is 5. The number of nitrogens with two attached hydrogens (primary N) is 1. The van der Waals surface area contributed by atoms with Crippen LogP contribution in [0.3, 0.4) is 0 Å². The van der Waals surface area contributed by atoms with Gasteiger partial charge in [0.1, 0.15) is 18.1 Å². The summed E-state index contributed by atoms with van der Waals surface area (Å²) in [6, 6.07) is 5.86. The molecule has 0 aliphatic rings. The van der Waals surface area contributed by atoms with Gasteiger partial charge in [0, 0.05) is 11.4 Å². The Kier molecular flexibility index (Phi) is 4.76. The van der Waals surface area contributed by atoms with Gasteiger partial charge in [-0.05, 0) is 37.1 Å². The second-order valence-corrected chi connectivity index (χ2v) is 5.14. The van der Waals surface area contributed by atoms with Gasteiger partial charge in [-0.25, -0.2) is 4.98 Å². The molecule has 19 heavy (non-hydrogen) atoms. The molecule has 0 aliphatic carbocycles. The van der Waals surface area contributed by atoms with E-state index in [1.165, 1.54) is 0 Å². The number of aromatic nitrogens is 1. The third kappa shape index (κ3) is 3.94. The number of ether oxygens (including phenoxy) is 2. The Labute approximate surface area is 117 Å². The van der Waals surface area contributed by atoms with Crippen molar-refractivity contribution < 1.29 is 9.47 Å². The predicted molar refractivity (Wildman–Crippen MR) is 76.8 cm³/mol. The number of methoxy groups -OCH3 is 1. The molecule has 1 aromatic heterocycles. The van der Waals surface area contributed by atoms with E-state index < -0.39 is 0 Å². The molecule has 0 spiro atoms. The van der Waals surface area contributed by atoms with Crippen LogP contribution in [0.2, 0.25) is 0 Å². The Hall–Kier alpha value is -1.59. The Morgan fingerprint density at radius 2 is 2.26 bits per heavy atom. The van der Waals surface area contributed by atoms with E-state index in [1.54, 1.807) is 24.0 Å². The molecule has 1 heterocycles. The van der Waals surface area contributed by atoms with Gasteiger partial charge in [-0.2, -0.15) is 0 Å². The molecule has 0 aliphatic heterocycles. The van der Waals surface area contributed by atoms with Crippen molar-refractivity contribution in [3.63, 3.8) is 0 Å². The summed E-state index contributed by atoms with van der Waals surface area (Å²) in [5, 5.41) is 1.98. The third-order valence-corrected chi connectivity index (χ3v) is 3.30. The molecule has 0 radical (unpaired) electrons. The quantitative estimate of drug-likeness (QED) is 0.882. The van der Waals surface area contributed by atoms with Crippen LogP contribution >= 0.6 is 11.3 Å². The topological polar surface area (TPSA) is 57.4 Å². The molecule has 0 bridgehead atoms. The van der Waals surface area contributed by atoms with Crippen LogP contribution in [0.5, 0.6) is 11.5 Å². The largest absolute Gasteiger partial charge is 0.497 e. The first-order chi connectivity index (χ1) is 9.19. The molecule has 0 saturated heterocycles. The lowest BCUT2D eigenvalue weighted by Crippen LogP contribution is -2.18. The van der Waals surface area contributed by atoms with Gasteiger partial charge in [-0.1, -0.05) is 0 Å². The summed E-state index contributed by atoms with van der Waals surface area (Å²) >= 11 is 1.56. The Morgan fingerprint density at radius 1 is 1.42 bits per heavy atom. The van der Waals surface area contributed by atoms with Crippen molar-refractivity contribution in [2.75, 3.05) is 7.11 Å². The molecule has 2 aromatic rings. The van der Waals surface area contributed by atoms with Crippen LogP contribution < -0.4 is 15.2 Å². The van der Waals surface area contributed by atoms with Crippen molar-refractivity contribution in [3.05, 3.63) is 40.3 Å². The fraction of sp³-hybridized carbons (Fsp3) is 0.357. The first-order valence-corrected chi connectivity index (χ1v) is 7.05. The van der Waals surface area contributed by atoms with Crippen molar-refractivity contribution >= 4 is 11.3 Å². The molecule has 4 nitrogen and oxygen atoms in total. The van der Waals surface area contributed by atoms with E-state index in [4.69, 9.17) is 15.2 Å². The molecule has 0 amide bonds.